The van der Waals surface area contributed by atoms with Crippen molar-refractivity contribution >= 4 is 11.5 Å². The Hall–Kier alpha value is -2.37. The highest BCUT2D eigenvalue weighted by molar-refractivity contribution is 5.53. The zero-order valence-corrected chi connectivity index (χ0v) is 15.1. The van der Waals surface area contributed by atoms with Gasteiger partial charge in [-0.3, -0.25) is 0 Å². The number of anilines is 2. The van der Waals surface area contributed by atoms with E-state index < -0.39 is 6.10 Å². The molecule has 136 valence electrons. The Bertz CT molecular complexity index is 851. The highest BCUT2D eigenvalue weighted by Gasteiger charge is 2.55. The van der Waals surface area contributed by atoms with Crippen molar-refractivity contribution in [3.8, 4) is 0 Å². The lowest BCUT2D eigenvalue weighted by molar-refractivity contribution is 0.0457. The molecule has 4 N–H and O–H groups in total. The Kier molecular flexibility index (Phi) is 4.21. The number of ether oxygens (including phenoxy) is 1. The van der Waals surface area contributed by atoms with Crippen LogP contribution in [0, 0.1) is 19.8 Å². The van der Waals surface area contributed by atoms with Gasteiger partial charge in [0.25, 0.3) is 0 Å². The van der Waals surface area contributed by atoms with Gasteiger partial charge in [-0.1, -0.05) is 12.6 Å². The normalized spacial score (nSPS) is 29.7. The van der Waals surface area contributed by atoms with Gasteiger partial charge in [0, 0.05) is 35.8 Å². The lowest BCUT2D eigenvalue weighted by Crippen LogP contribution is -2.36. The predicted molar refractivity (Wildman–Crippen MR) is 103 cm³/mol. The third-order valence-electron chi connectivity index (χ3n) is 5.73. The van der Waals surface area contributed by atoms with Gasteiger partial charge in [0.1, 0.15) is 5.82 Å². The molecule has 5 heteroatoms. The van der Waals surface area contributed by atoms with Gasteiger partial charge in [-0.05, 0) is 54.8 Å². The maximum absolute atomic E-state index is 10.4. The number of fused-ring (bicyclic) bond motifs is 2. The van der Waals surface area contributed by atoms with E-state index in [-0.39, 0.29) is 24.0 Å². The number of nitrogens with two attached hydrogens (primary N) is 1. The van der Waals surface area contributed by atoms with Crippen LogP contribution in [0.5, 0.6) is 0 Å². The van der Waals surface area contributed by atoms with Gasteiger partial charge in [0.15, 0.2) is 0 Å². The molecule has 2 saturated heterocycles. The molecule has 2 aromatic rings. The highest BCUT2D eigenvalue weighted by Crippen LogP contribution is 2.51. The van der Waals surface area contributed by atoms with Crippen LogP contribution in [0.1, 0.15) is 29.0 Å². The van der Waals surface area contributed by atoms with E-state index in [1.807, 2.05) is 12.1 Å². The van der Waals surface area contributed by atoms with Gasteiger partial charge in [0.2, 0.25) is 0 Å². The van der Waals surface area contributed by atoms with E-state index in [0.717, 1.165) is 16.9 Å². The van der Waals surface area contributed by atoms with Crippen molar-refractivity contribution in [2.75, 3.05) is 11.1 Å². The van der Waals surface area contributed by atoms with Crippen molar-refractivity contribution in [2.45, 2.75) is 44.5 Å². The molecular weight excluding hydrogens is 326 g/mol. The average molecular weight is 351 g/mol. The molecule has 2 aliphatic rings. The topological polar surface area (TPSA) is 80.4 Å². The molecule has 5 atom stereocenters. The second-order valence-electron chi connectivity index (χ2n) is 7.46. The monoisotopic (exact) mass is 351 g/mol. The lowest BCUT2D eigenvalue weighted by Gasteiger charge is -2.32. The Morgan fingerprint density at radius 1 is 1.27 bits per heavy atom. The summed E-state index contributed by atoms with van der Waals surface area (Å²) in [6, 6.07) is 10.1. The molecular formula is C21H25N3O2. The number of aliphatic hydroxyl groups is 1. The molecule has 0 spiro atoms. The summed E-state index contributed by atoms with van der Waals surface area (Å²) < 4.78 is 6.09. The zero-order valence-electron chi connectivity index (χ0n) is 15.1. The number of aromatic nitrogens is 1. The molecule has 2 aliphatic heterocycles. The first-order chi connectivity index (χ1) is 12.4. The number of aryl methyl sites for hydroxylation is 2. The van der Waals surface area contributed by atoms with Crippen LogP contribution in [0.25, 0.3) is 0 Å². The SMILES string of the molecule is C=C(Nc1ccc(C)c(C)c1)C1C2CC(O)C(O2)C1c1ccnc(N)c1. The number of aliphatic hydroxyl groups excluding tert-OH is 1. The summed E-state index contributed by atoms with van der Waals surface area (Å²) in [7, 11) is 0. The van der Waals surface area contributed by atoms with E-state index in [0.29, 0.717) is 12.2 Å². The third kappa shape index (κ3) is 2.87. The van der Waals surface area contributed by atoms with Crippen molar-refractivity contribution in [1.29, 1.82) is 0 Å². The highest BCUT2D eigenvalue weighted by atomic mass is 16.5. The van der Waals surface area contributed by atoms with Crippen LogP contribution in [-0.4, -0.2) is 28.4 Å². The molecule has 4 rings (SSSR count). The van der Waals surface area contributed by atoms with Gasteiger partial charge in [0.05, 0.1) is 18.3 Å². The fourth-order valence-electron chi connectivity index (χ4n) is 4.31. The number of hydrogen-bond acceptors (Lipinski definition) is 5. The van der Waals surface area contributed by atoms with Crippen molar-refractivity contribution in [2.24, 2.45) is 5.92 Å². The fourth-order valence-corrected chi connectivity index (χ4v) is 4.31. The molecule has 26 heavy (non-hydrogen) atoms. The lowest BCUT2D eigenvalue weighted by atomic mass is 9.73. The molecule has 3 heterocycles. The zero-order chi connectivity index (χ0) is 18.4. The number of hydrogen-bond donors (Lipinski definition) is 3. The van der Waals surface area contributed by atoms with Gasteiger partial charge >= 0.3 is 0 Å². The second kappa shape index (κ2) is 6.41. The summed E-state index contributed by atoms with van der Waals surface area (Å²) in [6.45, 7) is 8.51. The van der Waals surface area contributed by atoms with Gasteiger partial charge in [-0.15, -0.1) is 0 Å². The molecule has 2 fully saturated rings. The minimum absolute atomic E-state index is 0.0144. The van der Waals surface area contributed by atoms with E-state index in [9.17, 15) is 5.11 Å². The van der Waals surface area contributed by atoms with Crippen molar-refractivity contribution in [1.82, 2.24) is 4.98 Å². The van der Waals surface area contributed by atoms with Crippen LogP contribution in [0.3, 0.4) is 0 Å². The van der Waals surface area contributed by atoms with Crippen LogP contribution in [0.15, 0.2) is 48.8 Å². The standard InChI is InChI=1S/C21H25N3O2/c1-11-4-5-15(8-12(11)2)24-13(3)19-17-10-16(25)21(26-17)20(19)14-6-7-23-18(22)9-14/h4-9,16-17,19-21,24-25H,3,10H2,1-2H3,(H2,22,23). The first-order valence-electron chi connectivity index (χ1n) is 9.02. The van der Waals surface area contributed by atoms with Gasteiger partial charge in [-0.25, -0.2) is 4.98 Å². The maximum Gasteiger partial charge on any atom is 0.123 e. The minimum Gasteiger partial charge on any atom is -0.390 e. The van der Waals surface area contributed by atoms with Crippen LogP contribution < -0.4 is 11.1 Å². The Morgan fingerprint density at radius 2 is 2.08 bits per heavy atom. The smallest absolute Gasteiger partial charge is 0.123 e. The summed E-state index contributed by atoms with van der Waals surface area (Å²) in [6.07, 6.45) is 1.62. The van der Waals surface area contributed by atoms with Crippen LogP contribution in [0.4, 0.5) is 11.5 Å². The first kappa shape index (κ1) is 17.1. The van der Waals surface area contributed by atoms with E-state index >= 15 is 0 Å². The minimum atomic E-state index is -0.454. The summed E-state index contributed by atoms with van der Waals surface area (Å²) >= 11 is 0. The van der Waals surface area contributed by atoms with Crippen LogP contribution >= 0.6 is 0 Å². The third-order valence-corrected chi connectivity index (χ3v) is 5.73. The molecule has 0 amide bonds. The van der Waals surface area contributed by atoms with Gasteiger partial charge < -0.3 is 20.9 Å². The number of nitrogen functional groups attached to an aromatic ring is 1. The predicted octanol–water partition coefficient (Wildman–Crippen LogP) is 3.14. The van der Waals surface area contributed by atoms with Crippen molar-refractivity contribution < 1.29 is 9.84 Å². The van der Waals surface area contributed by atoms with Crippen molar-refractivity contribution in [3.05, 3.63) is 65.5 Å². The number of pyridine rings is 1. The summed E-state index contributed by atoms with van der Waals surface area (Å²) in [4.78, 5) is 4.08. The second-order valence-corrected chi connectivity index (χ2v) is 7.46. The van der Waals surface area contributed by atoms with E-state index in [1.54, 1.807) is 6.20 Å². The maximum atomic E-state index is 10.4. The number of nitrogens with zero attached hydrogens (tertiary/aromatic N) is 1. The summed E-state index contributed by atoms with van der Waals surface area (Å²) in [5.74, 6) is 0.568. The van der Waals surface area contributed by atoms with Crippen molar-refractivity contribution in [3.63, 3.8) is 0 Å². The largest absolute Gasteiger partial charge is 0.390 e. The number of benzene rings is 1. The molecule has 5 nitrogen and oxygen atoms in total. The number of rotatable bonds is 4. The quantitative estimate of drug-likeness (QED) is 0.788. The average Bonchev–Trinajstić information content (AvgIpc) is 3.15. The molecule has 0 radical (unpaired) electrons. The van der Waals surface area contributed by atoms with E-state index in [4.69, 9.17) is 10.5 Å². The fraction of sp³-hybridized carbons (Fsp3) is 0.381. The Balaban J connectivity index is 1.62. The molecule has 2 bridgehead atoms. The summed E-state index contributed by atoms with van der Waals surface area (Å²) in [5, 5.41) is 13.8. The number of nitrogens with one attached hydrogen (secondary N) is 1. The molecule has 0 saturated carbocycles. The van der Waals surface area contributed by atoms with Crippen LogP contribution in [-0.2, 0) is 4.74 Å². The molecule has 0 aliphatic carbocycles. The van der Waals surface area contributed by atoms with Gasteiger partial charge in [-0.2, -0.15) is 0 Å². The molecule has 1 aromatic carbocycles. The molecule has 5 unspecified atom stereocenters. The Labute approximate surface area is 153 Å². The Morgan fingerprint density at radius 3 is 2.81 bits per heavy atom. The summed E-state index contributed by atoms with van der Waals surface area (Å²) in [5.41, 5.74) is 11.4. The van der Waals surface area contributed by atoms with Crippen LogP contribution in [0.2, 0.25) is 0 Å². The first-order valence-corrected chi connectivity index (χ1v) is 9.02. The molecule has 1 aromatic heterocycles. The van der Waals surface area contributed by atoms with E-state index in [2.05, 4.69) is 48.9 Å². The van der Waals surface area contributed by atoms with E-state index in [1.165, 1.54) is 11.1 Å².